The van der Waals surface area contributed by atoms with E-state index in [1.165, 1.54) is 5.56 Å². The number of hydrogen-bond acceptors (Lipinski definition) is 3. The summed E-state index contributed by atoms with van der Waals surface area (Å²) in [7, 11) is -3.44. The summed E-state index contributed by atoms with van der Waals surface area (Å²) in [5.41, 5.74) is 1.26. The van der Waals surface area contributed by atoms with Crippen molar-refractivity contribution >= 4 is 10.0 Å². The summed E-state index contributed by atoms with van der Waals surface area (Å²) in [6, 6.07) is 7.70. The number of rotatable bonds is 6. The fourth-order valence-corrected chi connectivity index (χ4v) is 1.72. The minimum Gasteiger partial charge on any atom is -0.492 e. The lowest BCUT2D eigenvalue weighted by molar-refractivity contribution is 0.340. The Labute approximate surface area is 103 Å². The summed E-state index contributed by atoms with van der Waals surface area (Å²) < 4.78 is 26.7. The summed E-state index contributed by atoms with van der Waals surface area (Å²) in [4.78, 5) is 0. The van der Waals surface area contributed by atoms with Gasteiger partial charge < -0.3 is 4.74 Å². The van der Waals surface area contributed by atoms with E-state index < -0.39 is 10.0 Å². The van der Waals surface area contributed by atoms with Crippen LogP contribution in [0.5, 0.6) is 5.75 Å². The molecule has 1 rings (SSSR count). The van der Waals surface area contributed by atoms with Crippen LogP contribution in [0.2, 0.25) is 0 Å². The van der Waals surface area contributed by atoms with Crippen molar-refractivity contribution in [2.24, 2.45) is 5.14 Å². The first-order valence-corrected chi connectivity index (χ1v) is 7.37. The second-order valence-corrected chi connectivity index (χ2v) is 5.83. The van der Waals surface area contributed by atoms with Gasteiger partial charge in [-0.3, -0.25) is 0 Å². The van der Waals surface area contributed by atoms with Crippen LogP contribution in [0.4, 0.5) is 0 Å². The fourth-order valence-electron chi connectivity index (χ4n) is 1.40. The molecule has 0 amide bonds. The van der Waals surface area contributed by atoms with Crippen molar-refractivity contribution in [1.82, 2.24) is 0 Å². The lowest BCUT2D eigenvalue weighted by Crippen LogP contribution is -2.21. The van der Waals surface area contributed by atoms with Gasteiger partial charge in [0.2, 0.25) is 10.0 Å². The topological polar surface area (TPSA) is 69.4 Å². The Hall–Kier alpha value is -1.07. The first kappa shape index (κ1) is 14.0. The van der Waals surface area contributed by atoms with Crippen molar-refractivity contribution in [2.75, 3.05) is 12.4 Å². The van der Waals surface area contributed by atoms with Crippen molar-refractivity contribution in [3.8, 4) is 5.75 Å². The highest BCUT2D eigenvalue weighted by molar-refractivity contribution is 7.89. The minimum atomic E-state index is -3.44. The van der Waals surface area contributed by atoms with Crippen LogP contribution in [-0.2, 0) is 10.0 Å². The van der Waals surface area contributed by atoms with Crippen molar-refractivity contribution in [1.29, 1.82) is 0 Å². The van der Waals surface area contributed by atoms with E-state index in [1.807, 2.05) is 24.3 Å². The second kappa shape index (κ2) is 6.02. The van der Waals surface area contributed by atoms with E-state index in [4.69, 9.17) is 9.88 Å². The first-order chi connectivity index (χ1) is 7.92. The highest BCUT2D eigenvalue weighted by atomic mass is 32.2. The molecule has 0 saturated carbocycles. The van der Waals surface area contributed by atoms with Crippen LogP contribution in [0.3, 0.4) is 0 Å². The SMILES string of the molecule is CCC(C)c1ccc(OCCS(N)(=O)=O)cc1. The van der Waals surface area contributed by atoms with Gasteiger partial charge >= 0.3 is 0 Å². The largest absolute Gasteiger partial charge is 0.492 e. The minimum absolute atomic E-state index is 0.0848. The van der Waals surface area contributed by atoms with Crippen molar-refractivity contribution in [3.63, 3.8) is 0 Å². The highest BCUT2D eigenvalue weighted by Gasteiger charge is 2.05. The average Bonchev–Trinajstić information content (AvgIpc) is 2.27. The van der Waals surface area contributed by atoms with Crippen molar-refractivity contribution < 1.29 is 13.2 Å². The molecule has 1 aromatic rings. The molecule has 0 aliphatic rings. The van der Waals surface area contributed by atoms with Crippen LogP contribution < -0.4 is 9.88 Å². The number of hydrogen-bond donors (Lipinski definition) is 1. The molecule has 0 saturated heterocycles. The third-order valence-corrected chi connectivity index (χ3v) is 3.43. The molecule has 17 heavy (non-hydrogen) atoms. The second-order valence-electron chi connectivity index (χ2n) is 4.09. The molecule has 5 heteroatoms. The lowest BCUT2D eigenvalue weighted by atomic mass is 9.99. The number of benzene rings is 1. The summed E-state index contributed by atoms with van der Waals surface area (Å²) in [6.45, 7) is 4.39. The summed E-state index contributed by atoms with van der Waals surface area (Å²) in [5, 5.41) is 4.87. The van der Waals surface area contributed by atoms with Crippen molar-refractivity contribution in [2.45, 2.75) is 26.2 Å². The van der Waals surface area contributed by atoms with E-state index in [1.54, 1.807) is 0 Å². The molecule has 1 unspecified atom stereocenters. The van der Waals surface area contributed by atoms with Crippen LogP contribution in [0.25, 0.3) is 0 Å². The molecule has 0 aliphatic heterocycles. The summed E-state index contributed by atoms with van der Waals surface area (Å²) in [6.07, 6.45) is 1.09. The zero-order valence-electron chi connectivity index (χ0n) is 10.2. The molecule has 0 bridgehead atoms. The molecular formula is C12H19NO3S. The van der Waals surface area contributed by atoms with Gasteiger partial charge in [0, 0.05) is 0 Å². The van der Waals surface area contributed by atoms with E-state index in [9.17, 15) is 8.42 Å². The molecule has 2 N–H and O–H groups in total. The Morgan fingerprint density at radius 2 is 1.88 bits per heavy atom. The average molecular weight is 257 g/mol. The first-order valence-electron chi connectivity index (χ1n) is 5.65. The predicted octanol–water partition coefficient (Wildman–Crippen LogP) is 1.87. The summed E-state index contributed by atoms with van der Waals surface area (Å²) in [5.74, 6) is 1.02. The highest BCUT2D eigenvalue weighted by Crippen LogP contribution is 2.21. The molecular weight excluding hydrogens is 238 g/mol. The Morgan fingerprint density at radius 1 is 1.29 bits per heavy atom. The van der Waals surface area contributed by atoms with E-state index in [0.29, 0.717) is 11.7 Å². The van der Waals surface area contributed by atoms with Gasteiger partial charge in [-0.2, -0.15) is 0 Å². The van der Waals surface area contributed by atoms with Gasteiger partial charge in [0.05, 0.1) is 5.75 Å². The van der Waals surface area contributed by atoms with E-state index in [0.717, 1.165) is 6.42 Å². The van der Waals surface area contributed by atoms with Gasteiger partial charge in [-0.1, -0.05) is 26.0 Å². The molecule has 1 atom stereocenters. The number of nitrogens with two attached hydrogens (primary N) is 1. The number of primary sulfonamides is 1. The third kappa shape index (κ3) is 5.19. The van der Waals surface area contributed by atoms with Crippen LogP contribution in [0, 0.1) is 0 Å². The molecule has 0 aliphatic carbocycles. The molecule has 4 nitrogen and oxygen atoms in total. The molecule has 0 radical (unpaired) electrons. The van der Waals surface area contributed by atoms with Crippen LogP contribution in [-0.4, -0.2) is 20.8 Å². The third-order valence-electron chi connectivity index (χ3n) is 2.70. The van der Waals surface area contributed by atoms with Gasteiger partial charge in [-0.15, -0.1) is 0 Å². The van der Waals surface area contributed by atoms with Gasteiger partial charge in [-0.25, -0.2) is 13.6 Å². The zero-order valence-corrected chi connectivity index (χ0v) is 11.0. The monoisotopic (exact) mass is 257 g/mol. The normalized spacial score (nSPS) is 13.4. The van der Waals surface area contributed by atoms with E-state index in [-0.39, 0.29) is 12.4 Å². The van der Waals surface area contributed by atoms with Gasteiger partial charge in [0.1, 0.15) is 12.4 Å². The molecule has 0 spiro atoms. The quantitative estimate of drug-likeness (QED) is 0.845. The smallest absolute Gasteiger partial charge is 0.212 e. The lowest BCUT2D eigenvalue weighted by Gasteiger charge is -2.10. The maximum atomic E-state index is 10.7. The molecule has 1 aromatic carbocycles. The molecule has 0 fully saturated rings. The number of sulfonamides is 1. The summed E-state index contributed by atoms with van der Waals surface area (Å²) >= 11 is 0. The Morgan fingerprint density at radius 3 is 2.35 bits per heavy atom. The fraction of sp³-hybridized carbons (Fsp3) is 0.500. The van der Waals surface area contributed by atoms with Gasteiger partial charge in [-0.05, 0) is 30.0 Å². The van der Waals surface area contributed by atoms with Crippen LogP contribution in [0.15, 0.2) is 24.3 Å². The Kier molecular flexibility index (Phi) is 4.96. The Balaban J connectivity index is 2.51. The van der Waals surface area contributed by atoms with Crippen LogP contribution in [0.1, 0.15) is 31.7 Å². The number of ether oxygens (including phenoxy) is 1. The molecule has 96 valence electrons. The van der Waals surface area contributed by atoms with Gasteiger partial charge in [0.25, 0.3) is 0 Å². The van der Waals surface area contributed by atoms with E-state index in [2.05, 4.69) is 13.8 Å². The maximum absolute atomic E-state index is 10.7. The van der Waals surface area contributed by atoms with Crippen LogP contribution >= 0.6 is 0 Å². The maximum Gasteiger partial charge on any atom is 0.212 e. The molecule has 0 aromatic heterocycles. The van der Waals surface area contributed by atoms with E-state index >= 15 is 0 Å². The molecule has 0 heterocycles. The standard InChI is InChI=1S/C12H19NO3S/c1-3-10(2)11-4-6-12(7-5-11)16-8-9-17(13,14)15/h4-7,10H,3,8-9H2,1-2H3,(H2,13,14,15). The zero-order chi connectivity index (χ0) is 12.9. The van der Waals surface area contributed by atoms with Gasteiger partial charge in [0.15, 0.2) is 0 Å². The predicted molar refractivity (Wildman–Crippen MR) is 68.6 cm³/mol. The van der Waals surface area contributed by atoms with Crippen molar-refractivity contribution in [3.05, 3.63) is 29.8 Å². The Bertz CT molecular complexity index is 439.